The number of benzene rings is 2. The second-order valence-electron chi connectivity index (χ2n) is 19.6. The lowest BCUT2D eigenvalue weighted by atomic mass is 10.0. The van der Waals surface area contributed by atoms with E-state index in [2.05, 4.69) is 67.5 Å². The fraction of sp³-hybridized carbons (Fsp3) is 0.442. The van der Waals surface area contributed by atoms with Gasteiger partial charge in [-0.25, -0.2) is 4.98 Å². The number of amides is 10. The normalized spacial score (nSPS) is 23.0. The highest BCUT2D eigenvalue weighted by Crippen LogP contribution is 2.21. The Hall–Kier alpha value is -9.57. The molecule has 2 fully saturated rings. The zero-order valence-electron chi connectivity index (χ0n) is 44.7. The maximum atomic E-state index is 14.8. The van der Waals surface area contributed by atoms with Crippen LogP contribution in [0, 0.1) is 0 Å². The molecule has 20 N–H and O–H groups in total. The summed E-state index contributed by atoms with van der Waals surface area (Å²) in [5.41, 5.74) is 29.8. The summed E-state index contributed by atoms with van der Waals surface area (Å²) < 4.78 is 0. The smallest absolute Gasteiger partial charge is 0.247 e. The number of guanidine groups is 2. The van der Waals surface area contributed by atoms with Gasteiger partial charge in [0.15, 0.2) is 11.9 Å². The van der Waals surface area contributed by atoms with Gasteiger partial charge >= 0.3 is 0 Å². The molecule has 4 heterocycles. The number of H-pyrrole nitrogens is 2. The van der Waals surface area contributed by atoms with Crippen molar-refractivity contribution in [3.05, 3.63) is 90.1 Å². The lowest BCUT2D eigenvalue weighted by Crippen LogP contribution is -2.66. The van der Waals surface area contributed by atoms with Gasteiger partial charge in [0.2, 0.25) is 59.1 Å². The second kappa shape index (κ2) is 29.4. The van der Waals surface area contributed by atoms with E-state index in [0.29, 0.717) is 17.7 Å². The molecule has 0 saturated carbocycles. The molecule has 81 heavy (non-hydrogen) atoms. The average Bonchev–Trinajstić information content (AvgIpc) is 4.21. The molecule has 4 aromatic rings. The van der Waals surface area contributed by atoms with E-state index in [1.54, 1.807) is 42.6 Å². The molecule has 2 aliphatic heterocycles. The molecule has 2 aromatic heterocycles. The van der Waals surface area contributed by atoms with E-state index in [0.717, 1.165) is 10.9 Å². The van der Waals surface area contributed by atoms with Crippen molar-refractivity contribution in [1.82, 2.24) is 62.4 Å². The van der Waals surface area contributed by atoms with Gasteiger partial charge in [-0.1, -0.05) is 48.5 Å². The number of aromatic amines is 2. The Morgan fingerprint density at radius 2 is 1.31 bits per heavy atom. The summed E-state index contributed by atoms with van der Waals surface area (Å²) in [4.78, 5) is 159. The van der Waals surface area contributed by atoms with Gasteiger partial charge in [-0.2, -0.15) is 0 Å². The monoisotopic (exact) mass is 1120 g/mol. The first-order valence-corrected chi connectivity index (χ1v) is 26.4. The molecule has 0 bridgehead atoms. The minimum atomic E-state index is -1.73. The minimum absolute atomic E-state index is 0.00358. The third kappa shape index (κ3) is 18.0. The molecular formula is C52H71N19O10. The molecule has 0 radical (unpaired) electrons. The molecule has 434 valence electrons. The number of fused-ring (bicyclic) bond motifs is 1. The zero-order chi connectivity index (χ0) is 58.6. The summed E-state index contributed by atoms with van der Waals surface area (Å²) in [7, 11) is 0. The van der Waals surface area contributed by atoms with Crippen LogP contribution >= 0.6 is 0 Å². The zero-order valence-corrected chi connectivity index (χ0v) is 44.7. The van der Waals surface area contributed by atoms with E-state index >= 15 is 0 Å². The Labute approximate surface area is 465 Å². The maximum absolute atomic E-state index is 14.8. The largest absolute Gasteiger partial charge is 0.370 e. The van der Waals surface area contributed by atoms with Crippen LogP contribution in [0.2, 0.25) is 0 Å². The standard InChI is InChI=1S/C52H71N19O10/c1-28(72)71-26-39(69-49(80)40(71)17-10-20-61-52(56)57)48(79)68-38-23-41(73)59-18-8-7-15-34(43(53)74)64-45(76)36(21-30-24-62-33-14-6-5-13-32(30)33)66-44(75)35(16-9-19-60-51(54)55)65-50(81)42(29-11-3-2-4-12-29)70-47(78)37(67-46(38)77)22-31-25-58-27-63-31/h2-6,11-14,24-25,27,34-40,42,62H,7-10,15-23,26H2,1H3,(H2,53,74)(H,58,63)(H,59,73)(H,64,76)(H,65,81)(H,66,75)(H,67,77)(H,68,79)(H,69,80)(H,70,78)(H4,54,55,60)(H4,56,57,61)/t34-,35-,36-,37-,38-,39+,40-,42?/m0/s1. The van der Waals surface area contributed by atoms with E-state index in [-0.39, 0.29) is 95.0 Å². The molecule has 2 saturated heterocycles. The topological polar surface area (TPSA) is 469 Å². The molecule has 8 atom stereocenters. The van der Waals surface area contributed by atoms with Gasteiger partial charge < -0.3 is 86.1 Å². The second-order valence-corrected chi connectivity index (χ2v) is 19.6. The van der Waals surface area contributed by atoms with Gasteiger partial charge in [0.1, 0.15) is 48.3 Å². The number of carbonyl (C=O) groups excluding carboxylic acids is 10. The summed E-state index contributed by atoms with van der Waals surface area (Å²) in [6.45, 7) is 1.09. The Morgan fingerprint density at radius 3 is 1.99 bits per heavy atom. The van der Waals surface area contributed by atoms with Crippen molar-refractivity contribution in [3.63, 3.8) is 0 Å². The fourth-order valence-electron chi connectivity index (χ4n) is 9.37. The van der Waals surface area contributed by atoms with E-state index in [1.807, 2.05) is 18.2 Å². The molecule has 29 heteroatoms. The summed E-state index contributed by atoms with van der Waals surface area (Å²) >= 11 is 0. The van der Waals surface area contributed by atoms with Crippen molar-refractivity contribution in [2.24, 2.45) is 38.7 Å². The average molecular weight is 1120 g/mol. The number of carbonyl (C=O) groups is 10. The van der Waals surface area contributed by atoms with E-state index in [1.165, 1.54) is 24.3 Å². The molecule has 10 amide bonds. The van der Waals surface area contributed by atoms with Gasteiger partial charge in [-0.3, -0.25) is 57.9 Å². The number of hydrogen-bond donors (Lipinski definition) is 15. The van der Waals surface area contributed by atoms with Crippen LogP contribution in [-0.4, -0.2) is 159 Å². The number of imidazole rings is 1. The number of nitrogens with one attached hydrogen (secondary N) is 10. The van der Waals surface area contributed by atoms with Gasteiger partial charge in [-0.15, -0.1) is 0 Å². The number of nitrogens with zero attached hydrogens (tertiary/aromatic N) is 4. The van der Waals surface area contributed by atoms with Crippen molar-refractivity contribution in [2.45, 2.75) is 119 Å². The first-order chi connectivity index (χ1) is 38.8. The molecule has 2 aromatic carbocycles. The first kappa shape index (κ1) is 60.7. The fourth-order valence-corrected chi connectivity index (χ4v) is 9.37. The molecule has 0 spiro atoms. The van der Waals surface area contributed by atoms with E-state index in [4.69, 9.17) is 28.7 Å². The highest BCUT2D eigenvalue weighted by Gasteiger charge is 2.41. The Morgan fingerprint density at radius 1 is 0.679 bits per heavy atom. The lowest BCUT2D eigenvalue weighted by Gasteiger charge is -2.38. The van der Waals surface area contributed by atoms with Crippen molar-refractivity contribution in [1.29, 1.82) is 0 Å². The van der Waals surface area contributed by atoms with Gasteiger partial charge in [0.25, 0.3) is 0 Å². The maximum Gasteiger partial charge on any atom is 0.247 e. The van der Waals surface area contributed by atoms with Crippen molar-refractivity contribution < 1.29 is 47.9 Å². The van der Waals surface area contributed by atoms with Crippen LogP contribution in [0.15, 0.2) is 83.3 Å². The summed E-state index contributed by atoms with van der Waals surface area (Å²) in [5.74, 6) is -8.63. The molecular weight excluding hydrogens is 1050 g/mol. The summed E-state index contributed by atoms with van der Waals surface area (Å²) in [5, 5.41) is 22.1. The Kier molecular flexibility index (Phi) is 22.0. The van der Waals surface area contributed by atoms with Crippen LogP contribution < -0.4 is 71.2 Å². The Balaban J connectivity index is 1.34. The molecule has 29 nitrogen and oxygen atoms in total. The number of hydrogen-bond acceptors (Lipinski definition) is 13. The third-order valence-corrected chi connectivity index (χ3v) is 13.6. The van der Waals surface area contributed by atoms with Crippen LogP contribution in [0.3, 0.4) is 0 Å². The summed E-state index contributed by atoms with van der Waals surface area (Å²) in [6, 6.07) is 4.01. The minimum Gasteiger partial charge on any atom is -0.370 e. The highest BCUT2D eigenvalue weighted by atomic mass is 16.2. The van der Waals surface area contributed by atoms with Gasteiger partial charge in [-0.05, 0) is 62.1 Å². The van der Waals surface area contributed by atoms with Crippen LogP contribution in [0.1, 0.15) is 81.2 Å². The van der Waals surface area contributed by atoms with Crippen LogP contribution in [0.5, 0.6) is 0 Å². The number of para-hydroxylation sites is 1. The number of nitrogens with two attached hydrogens (primary N) is 5. The van der Waals surface area contributed by atoms with Crippen LogP contribution in [-0.2, 0) is 60.8 Å². The van der Waals surface area contributed by atoms with Crippen molar-refractivity contribution in [2.75, 3.05) is 26.2 Å². The molecule has 2 aliphatic rings. The molecule has 0 aliphatic carbocycles. The predicted octanol–water partition coefficient (Wildman–Crippen LogP) is -4.04. The van der Waals surface area contributed by atoms with E-state index in [9.17, 15) is 47.9 Å². The predicted molar refractivity (Wildman–Crippen MR) is 295 cm³/mol. The summed E-state index contributed by atoms with van der Waals surface area (Å²) in [6.07, 6.45) is 4.29. The SMILES string of the molecule is CC(=O)N1C[C@H](C(=O)N[C@H]2CC(=O)NCCCC[C@@H](C(N)=O)NC(=O)[C@H](Cc3c[nH]c4ccccc34)NC(=O)[C@H](CCCN=C(N)N)NC(=O)C(c3ccccc3)NC(=O)[C@H](Cc3cnc[nH]3)NC2=O)NC(=O)[C@@H]1CCCN=C(N)N. The highest BCUT2D eigenvalue weighted by molar-refractivity contribution is 6.00. The Bertz CT molecular complexity index is 2940. The molecule has 1 unspecified atom stereocenters. The van der Waals surface area contributed by atoms with Crippen molar-refractivity contribution in [3.8, 4) is 0 Å². The number of piperazine rings is 1. The molecule has 6 rings (SSSR count). The first-order valence-electron chi connectivity index (χ1n) is 26.4. The number of rotatable bonds is 16. The number of primary amides is 1. The lowest BCUT2D eigenvalue weighted by molar-refractivity contribution is -0.146. The third-order valence-electron chi connectivity index (χ3n) is 13.6. The van der Waals surface area contributed by atoms with Crippen molar-refractivity contribution >= 4 is 81.9 Å². The van der Waals surface area contributed by atoms with Crippen LogP contribution in [0.4, 0.5) is 0 Å². The van der Waals surface area contributed by atoms with Gasteiger partial charge in [0, 0.05) is 68.4 Å². The van der Waals surface area contributed by atoms with Crippen LogP contribution in [0.25, 0.3) is 10.9 Å². The van der Waals surface area contributed by atoms with E-state index < -0.39 is 114 Å². The quantitative estimate of drug-likeness (QED) is 0.0289. The number of aliphatic imine (C=N–C) groups is 2. The number of aromatic nitrogens is 3. The van der Waals surface area contributed by atoms with Gasteiger partial charge in [0.05, 0.1) is 19.3 Å².